The number of imide groups is 1. The molecule has 3 amide bonds. The summed E-state index contributed by atoms with van der Waals surface area (Å²) in [5.74, 6) is 0.0306. The summed E-state index contributed by atoms with van der Waals surface area (Å²) in [5.41, 5.74) is 10.2. The molecule has 1 aliphatic carbocycles. The molecule has 202 valence electrons. The first kappa shape index (κ1) is 26.0. The van der Waals surface area contributed by atoms with E-state index in [1.54, 1.807) is 60.8 Å². The normalized spacial score (nSPS) is 23.8. The van der Waals surface area contributed by atoms with Crippen molar-refractivity contribution in [1.29, 1.82) is 0 Å². The van der Waals surface area contributed by atoms with Gasteiger partial charge in [0.25, 0.3) is 0 Å². The minimum atomic E-state index is -0.945. The Labute approximate surface area is 222 Å². The highest BCUT2D eigenvalue weighted by atomic mass is 16.6. The molecule has 10 heteroatoms. The fraction of sp³-hybridized carbons (Fsp3) is 0.464. The third-order valence-electron chi connectivity index (χ3n) is 6.92. The maximum Gasteiger partial charge on any atom is 0.429 e. The quantitative estimate of drug-likeness (QED) is 0.586. The van der Waals surface area contributed by atoms with Crippen LogP contribution < -0.4 is 25.8 Å². The van der Waals surface area contributed by atoms with E-state index >= 15 is 0 Å². The molecule has 1 saturated carbocycles. The van der Waals surface area contributed by atoms with Crippen molar-refractivity contribution < 1.29 is 28.6 Å². The van der Waals surface area contributed by atoms with Gasteiger partial charge in [-0.05, 0) is 83.4 Å². The Bertz CT molecular complexity index is 1340. The molecule has 3 aliphatic rings. The molecular weight excluding hydrogens is 488 g/mol. The second-order valence-corrected chi connectivity index (χ2v) is 12.0. The standard InChI is InChI=1S/C28H34N4O6/c1-26(2,3)37-24(34)31-20-11-9-16(36-7)13-18(20)28(23(31)33)14-19(28)15-8-10-17-21(12-15)32(30-22(17)29)25(35)38-27(4,5)6/h8-13,19,22,30H,14,29H2,1-7H3/t19-,22?,28-/m0/s1. The molecular formula is C28H34N4O6. The minimum absolute atomic E-state index is 0.226. The number of nitrogens with zero attached hydrogens (tertiary/aromatic N) is 2. The lowest BCUT2D eigenvalue weighted by molar-refractivity contribution is -0.120. The van der Waals surface area contributed by atoms with Crippen molar-refractivity contribution in [2.75, 3.05) is 17.0 Å². The Balaban J connectivity index is 1.52. The summed E-state index contributed by atoms with van der Waals surface area (Å²) in [6.07, 6.45) is -1.37. The molecule has 38 heavy (non-hydrogen) atoms. The van der Waals surface area contributed by atoms with Crippen LogP contribution in [0.3, 0.4) is 0 Å². The van der Waals surface area contributed by atoms with Crippen molar-refractivity contribution in [3.63, 3.8) is 0 Å². The maximum atomic E-state index is 13.9. The number of ether oxygens (including phenoxy) is 3. The van der Waals surface area contributed by atoms with Gasteiger partial charge in [0.2, 0.25) is 5.91 Å². The number of nitrogens with two attached hydrogens (primary N) is 1. The van der Waals surface area contributed by atoms with Gasteiger partial charge in [-0.3, -0.25) is 4.79 Å². The van der Waals surface area contributed by atoms with Gasteiger partial charge in [0.05, 0.1) is 23.9 Å². The van der Waals surface area contributed by atoms with Gasteiger partial charge in [0.1, 0.15) is 23.1 Å². The molecule has 2 heterocycles. The number of hydrazine groups is 1. The van der Waals surface area contributed by atoms with Crippen molar-refractivity contribution in [1.82, 2.24) is 5.43 Å². The molecule has 2 aliphatic heterocycles. The topological polar surface area (TPSA) is 123 Å². The van der Waals surface area contributed by atoms with Crippen LogP contribution in [0, 0.1) is 0 Å². The summed E-state index contributed by atoms with van der Waals surface area (Å²) in [7, 11) is 1.56. The second-order valence-electron chi connectivity index (χ2n) is 12.0. The summed E-state index contributed by atoms with van der Waals surface area (Å²) < 4.78 is 16.6. The third-order valence-corrected chi connectivity index (χ3v) is 6.92. The Morgan fingerprint density at radius 2 is 1.63 bits per heavy atom. The molecule has 0 aromatic heterocycles. The summed E-state index contributed by atoms with van der Waals surface area (Å²) in [4.78, 5) is 41.1. The number of hydrogen-bond donors (Lipinski definition) is 2. The largest absolute Gasteiger partial charge is 0.497 e. The Hall–Kier alpha value is -3.63. The SMILES string of the molecule is COc1ccc2c(c1)[C@]1(C[C@H]1c1ccc3c(c1)N(C(=O)OC(C)(C)C)NC3N)C(=O)N2C(=O)OC(C)(C)C. The smallest absolute Gasteiger partial charge is 0.429 e. The fourth-order valence-corrected chi connectivity index (χ4v) is 5.28. The van der Waals surface area contributed by atoms with Gasteiger partial charge in [-0.1, -0.05) is 12.1 Å². The molecule has 10 nitrogen and oxygen atoms in total. The van der Waals surface area contributed by atoms with Gasteiger partial charge in [0, 0.05) is 11.5 Å². The number of rotatable bonds is 2. The lowest BCUT2D eigenvalue weighted by atomic mass is 9.91. The number of carbonyl (C=O) groups is 3. The highest BCUT2D eigenvalue weighted by molar-refractivity contribution is 6.23. The Kier molecular flexibility index (Phi) is 5.77. The molecule has 2 aromatic carbocycles. The van der Waals surface area contributed by atoms with E-state index in [9.17, 15) is 14.4 Å². The summed E-state index contributed by atoms with van der Waals surface area (Å²) >= 11 is 0. The molecule has 0 saturated heterocycles. The predicted molar refractivity (Wildman–Crippen MR) is 141 cm³/mol. The van der Waals surface area contributed by atoms with Crippen LogP contribution in [0.25, 0.3) is 0 Å². The molecule has 0 radical (unpaired) electrons. The zero-order chi connectivity index (χ0) is 27.8. The number of amides is 3. The van der Waals surface area contributed by atoms with Crippen LogP contribution in [0.1, 0.15) is 76.7 Å². The minimum Gasteiger partial charge on any atom is -0.497 e. The van der Waals surface area contributed by atoms with Gasteiger partial charge in [0.15, 0.2) is 0 Å². The van der Waals surface area contributed by atoms with Gasteiger partial charge in [-0.15, -0.1) is 0 Å². The lowest BCUT2D eigenvalue weighted by Gasteiger charge is -2.25. The van der Waals surface area contributed by atoms with Gasteiger partial charge >= 0.3 is 12.2 Å². The van der Waals surface area contributed by atoms with E-state index in [0.717, 1.165) is 21.6 Å². The van der Waals surface area contributed by atoms with Crippen LogP contribution in [0.15, 0.2) is 36.4 Å². The molecule has 1 fully saturated rings. The maximum absolute atomic E-state index is 13.9. The molecule has 1 unspecified atom stereocenters. The zero-order valence-electron chi connectivity index (χ0n) is 22.7. The van der Waals surface area contributed by atoms with E-state index in [-0.39, 0.29) is 11.8 Å². The van der Waals surface area contributed by atoms with Crippen LogP contribution in [-0.2, 0) is 19.7 Å². The highest BCUT2D eigenvalue weighted by Crippen LogP contribution is 2.67. The van der Waals surface area contributed by atoms with Crippen molar-refractivity contribution in [2.24, 2.45) is 5.73 Å². The van der Waals surface area contributed by atoms with E-state index < -0.39 is 35.0 Å². The number of anilines is 2. The first-order valence-electron chi connectivity index (χ1n) is 12.6. The van der Waals surface area contributed by atoms with E-state index in [4.69, 9.17) is 19.9 Å². The van der Waals surface area contributed by atoms with Gasteiger partial charge in [-0.2, -0.15) is 0 Å². The molecule has 5 rings (SSSR count). The number of carbonyl (C=O) groups excluding carboxylic acids is 3. The Morgan fingerprint density at radius 3 is 2.26 bits per heavy atom. The van der Waals surface area contributed by atoms with Gasteiger partial charge < -0.3 is 19.9 Å². The molecule has 3 N–H and O–H groups in total. The van der Waals surface area contributed by atoms with E-state index in [0.29, 0.717) is 23.5 Å². The molecule has 1 spiro atoms. The number of hydrogen-bond acceptors (Lipinski definition) is 8. The average Bonchev–Trinajstić information content (AvgIpc) is 3.41. The first-order valence-corrected chi connectivity index (χ1v) is 12.6. The van der Waals surface area contributed by atoms with Crippen LogP contribution in [0.4, 0.5) is 21.0 Å². The van der Waals surface area contributed by atoms with Crippen molar-refractivity contribution >= 4 is 29.5 Å². The van der Waals surface area contributed by atoms with E-state index in [1.165, 1.54) is 5.01 Å². The summed E-state index contributed by atoms with van der Waals surface area (Å²) in [6, 6.07) is 10.9. The fourth-order valence-electron chi connectivity index (χ4n) is 5.28. The molecule has 0 bridgehead atoms. The van der Waals surface area contributed by atoms with E-state index in [1.807, 2.05) is 24.3 Å². The second kappa shape index (κ2) is 8.44. The van der Waals surface area contributed by atoms with Crippen LogP contribution in [0.2, 0.25) is 0 Å². The molecule has 2 aromatic rings. The van der Waals surface area contributed by atoms with Crippen LogP contribution in [-0.4, -0.2) is 36.4 Å². The van der Waals surface area contributed by atoms with E-state index in [2.05, 4.69) is 5.43 Å². The average molecular weight is 523 g/mol. The van der Waals surface area contributed by atoms with Crippen molar-refractivity contribution in [3.8, 4) is 5.75 Å². The van der Waals surface area contributed by atoms with Gasteiger partial charge in [-0.25, -0.2) is 24.9 Å². The Morgan fingerprint density at radius 1 is 0.974 bits per heavy atom. The first-order chi connectivity index (χ1) is 17.7. The predicted octanol–water partition coefficient (Wildman–Crippen LogP) is 4.62. The number of benzene rings is 2. The zero-order valence-corrected chi connectivity index (χ0v) is 22.7. The number of fused-ring (bicyclic) bond motifs is 3. The highest BCUT2D eigenvalue weighted by Gasteiger charge is 2.68. The summed E-state index contributed by atoms with van der Waals surface area (Å²) in [5, 5.41) is 1.31. The van der Waals surface area contributed by atoms with Crippen LogP contribution >= 0.6 is 0 Å². The third kappa shape index (κ3) is 4.17. The number of nitrogens with one attached hydrogen (secondary N) is 1. The van der Waals surface area contributed by atoms with Crippen molar-refractivity contribution in [3.05, 3.63) is 53.1 Å². The van der Waals surface area contributed by atoms with Crippen molar-refractivity contribution in [2.45, 2.75) is 76.7 Å². The monoisotopic (exact) mass is 522 g/mol. The molecule has 3 atom stereocenters. The number of methoxy groups -OCH3 is 1. The summed E-state index contributed by atoms with van der Waals surface area (Å²) in [6.45, 7) is 10.7. The van der Waals surface area contributed by atoms with Crippen LogP contribution in [0.5, 0.6) is 5.75 Å². The lowest BCUT2D eigenvalue weighted by Crippen LogP contribution is -2.44.